The molecule has 2 atom stereocenters. The number of nitrogens with one attached hydrogen (secondary N) is 1. The Labute approximate surface area is 74.7 Å². The van der Waals surface area contributed by atoms with Crippen molar-refractivity contribution < 1.29 is 4.74 Å². The molecule has 0 aromatic heterocycles. The van der Waals surface area contributed by atoms with Crippen LogP contribution in [0.2, 0.25) is 0 Å². The van der Waals surface area contributed by atoms with Gasteiger partial charge in [-0.3, -0.25) is 0 Å². The van der Waals surface area contributed by atoms with E-state index >= 15 is 0 Å². The third kappa shape index (κ3) is 3.52. The normalized spacial score (nSPS) is 29.5. The first-order valence-electron chi connectivity index (χ1n) is 4.81. The summed E-state index contributed by atoms with van der Waals surface area (Å²) in [7, 11) is 1.74. The van der Waals surface area contributed by atoms with Crippen LogP contribution in [0.25, 0.3) is 0 Å². The molecular formula is C9H20N2O. The van der Waals surface area contributed by atoms with Gasteiger partial charge in [-0.1, -0.05) is 0 Å². The quantitative estimate of drug-likeness (QED) is 0.593. The largest absolute Gasteiger partial charge is 0.385 e. The second kappa shape index (κ2) is 5.51. The number of rotatable bonds is 5. The molecule has 3 heteroatoms. The number of methoxy groups -OCH3 is 1. The molecule has 0 saturated heterocycles. The van der Waals surface area contributed by atoms with E-state index in [0.29, 0.717) is 12.1 Å². The molecule has 0 radical (unpaired) electrons. The van der Waals surface area contributed by atoms with Gasteiger partial charge >= 0.3 is 0 Å². The average Bonchev–Trinajstić information content (AvgIpc) is 2.45. The molecule has 1 aliphatic carbocycles. The highest BCUT2D eigenvalue weighted by atomic mass is 16.5. The molecule has 1 saturated carbocycles. The molecule has 0 aromatic carbocycles. The molecule has 0 amide bonds. The summed E-state index contributed by atoms with van der Waals surface area (Å²) in [6.45, 7) is 1.91. The number of nitrogens with two attached hydrogens (primary N) is 1. The summed E-state index contributed by atoms with van der Waals surface area (Å²) in [5.41, 5.74) is 5.79. The Hall–Kier alpha value is -0.120. The van der Waals surface area contributed by atoms with Crippen molar-refractivity contribution in [1.29, 1.82) is 0 Å². The topological polar surface area (TPSA) is 47.3 Å². The van der Waals surface area contributed by atoms with Crippen LogP contribution in [0.4, 0.5) is 0 Å². The SMILES string of the molecule is COCCCNC1CCC(N)C1. The zero-order valence-corrected chi connectivity index (χ0v) is 7.88. The van der Waals surface area contributed by atoms with Gasteiger partial charge in [0, 0.05) is 25.8 Å². The predicted molar refractivity (Wildman–Crippen MR) is 50.1 cm³/mol. The molecule has 12 heavy (non-hydrogen) atoms. The van der Waals surface area contributed by atoms with E-state index in [2.05, 4.69) is 5.32 Å². The van der Waals surface area contributed by atoms with Crippen molar-refractivity contribution in [3.05, 3.63) is 0 Å². The van der Waals surface area contributed by atoms with E-state index in [4.69, 9.17) is 10.5 Å². The molecule has 3 N–H and O–H groups in total. The van der Waals surface area contributed by atoms with Crippen LogP contribution >= 0.6 is 0 Å². The summed E-state index contributed by atoms with van der Waals surface area (Å²) in [6, 6.07) is 1.10. The lowest BCUT2D eigenvalue weighted by molar-refractivity contribution is 0.193. The number of hydrogen-bond acceptors (Lipinski definition) is 3. The molecule has 0 aliphatic heterocycles. The van der Waals surface area contributed by atoms with Crippen LogP contribution in [0.1, 0.15) is 25.7 Å². The monoisotopic (exact) mass is 172 g/mol. The first-order valence-corrected chi connectivity index (χ1v) is 4.81. The van der Waals surface area contributed by atoms with E-state index in [1.807, 2.05) is 0 Å². The Morgan fingerprint density at radius 3 is 2.92 bits per heavy atom. The van der Waals surface area contributed by atoms with E-state index in [9.17, 15) is 0 Å². The maximum atomic E-state index is 5.79. The van der Waals surface area contributed by atoms with Gasteiger partial charge in [0.15, 0.2) is 0 Å². The lowest BCUT2D eigenvalue weighted by Crippen LogP contribution is -2.29. The minimum atomic E-state index is 0.435. The third-order valence-electron chi connectivity index (χ3n) is 2.43. The molecule has 0 aromatic rings. The van der Waals surface area contributed by atoms with Crippen molar-refractivity contribution >= 4 is 0 Å². The van der Waals surface area contributed by atoms with Crippen molar-refractivity contribution in [3.8, 4) is 0 Å². The average molecular weight is 172 g/mol. The molecule has 2 unspecified atom stereocenters. The minimum Gasteiger partial charge on any atom is -0.385 e. The van der Waals surface area contributed by atoms with Gasteiger partial charge in [0.2, 0.25) is 0 Å². The Balaban J connectivity index is 1.93. The van der Waals surface area contributed by atoms with Crippen molar-refractivity contribution in [2.45, 2.75) is 37.8 Å². The van der Waals surface area contributed by atoms with E-state index in [1.165, 1.54) is 12.8 Å². The highest BCUT2D eigenvalue weighted by Crippen LogP contribution is 2.16. The molecule has 1 aliphatic rings. The van der Waals surface area contributed by atoms with Crippen LogP contribution in [-0.4, -0.2) is 32.3 Å². The first-order chi connectivity index (χ1) is 5.83. The third-order valence-corrected chi connectivity index (χ3v) is 2.43. The van der Waals surface area contributed by atoms with Crippen LogP contribution in [0.5, 0.6) is 0 Å². The van der Waals surface area contributed by atoms with Crippen molar-refractivity contribution in [3.63, 3.8) is 0 Å². The number of ether oxygens (including phenoxy) is 1. The summed E-state index contributed by atoms with van der Waals surface area (Å²) in [4.78, 5) is 0. The van der Waals surface area contributed by atoms with Gasteiger partial charge in [-0.25, -0.2) is 0 Å². The maximum absolute atomic E-state index is 5.79. The van der Waals surface area contributed by atoms with Gasteiger partial charge in [0.25, 0.3) is 0 Å². The molecular weight excluding hydrogens is 152 g/mol. The first kappa shape index (κ1) is 9.96. The Morgan fingerprint density at radius 1 is 1.50 bits per heavy atom. The Kier molecular flexibility index (Phi) is 4.58. The smallest absolute Gasteiger partial charge is 0.0474 e. The second-order valence-electron chi connectivity index (χ2n) is 3.57. The summed E-state index contributed by atoms with van der Waals surface area (Å²) in [6.07, 6.45) is 4.67. The van der Waals surface area contributed by atoms with E-state index in [0.717, 1.165) is 26.0 Å². The van der Waals surface area contributed by atoms with Crippen LogP contribution in [0, 0.1) is 0 Å². The van der Waals surface area contributed by atoms with Gasteiger partial charge < -0.3 is 15.8 Å². The standard InChI is InChI=1S/C9H20N2O/c1-12-6-2-5-11-9-4-3-8(10)7-9/h8-9,11H,2-7,10H2,1H3. The minimum absolute atomic E-state index is 0.435. The lowest BCUT2D eigenvalue weighted by atomic mass is 10.2. The van der Waals surface area contributed by atoms with Crippen LogP contribution in [-0.2, 0) is 4.74 Å². The number of hydrogen-bond donors (Lipinski definition) is 2. The summed E-state index contributed by atoms with van der Waals surface area (Å²) >= 11 is 0. The van der Waals surface area contributed by atoms with Gasteiger partial charge in [-0.05, 0) is 32.2 Å². The summed E-state index contributed by atoms with van der Waals surface area (Å²) in [5, 5.41) is 3.49. The van der Waals surface area contributed by atoms with Crippen molar-refractivity contribution in [2.75, 3.05) is 20.3 Å². The fourth-order valence-corrected chi connectivity index (χ4v) is 1.72. The molecule has 72 valence electrons. The van der Waals surface area contributed by atoms with Gasteiger partial charge in [0.05, 0.1) is 0 Å². The summed E-state index contributed by atoms with van der Waals surface area (Å²) < 4.78 is 4.96. The Morgan fingerprint density at radius 2 is 2.33 bits per heavy atom. The summed E-state index contributed by atoms with van der Waals surface area (Å²) in [5.74, 6) is 0. The zero-order chi connectivity index (χ0) is 8.81. The van der Waals surface area contributed by atoms with Crippen LogP contribution in [0.15, 0.2) is 0 Å². The molecule has 0 bridgehead atoms. The molecule has 3 nitrogen and oxygen atoms in total. The van der Waals surface area contributed by atoms with Crippen LogP contribution < -0.4 is 11.1 Å². The lowest BCUT2D eigenvalue weighted by Gasteiger charge is -2.11. The fraction of sp³-hybridized carbons (Fsp3) is 1.00. The van der Waals surface area contributed by atoms with Crippen molar-refractivity contribution in [1.82, 2.24) is 5.32 Å². The van der Waals surface area contributed by atoms with Crippen molar-refractivity contribution in [2.24, 2.45) is 5.73 Å². The maximum Gasteiger partial charge on any atom is 0.0474 e. The second-order valence-corrected chi connectivity index (χ2v) is 3.57. The predicted octanol–water partition coefficient (Wildman–Crippen LogP) is 0.492. The highest BCUT2D eigenvalue weighted by molar-refractivity contribution is 4.82. The van der Waals surface area contributed by atoms with Crippen LogP contribution in [0.3, 0.4) is 0 Å². The fourth-order valence-electron chi connectivity index (χ4n) is 1.72. The molecule has 1 rings (SSSR count). The molecule has 0 spiro atoms. The van der Waals surface area contributed by atoms with Gasteiger partial charge in [0.1, 0.15) is 0 Å². The Bertz CT molecular complexity index is 119. The van der Waals surface area contributed by atoms with E-state index in [1.54, 1.807) is 7.11 Å². The zero-order valence-electron chi connectivity index (χ0n) is 7.88. The van der Waals surface area contributed by atoms with Gasteiger partial charge in [-0.15, -0.1) is 0 Å². The van der Waals surface area contributed by atoms with E-state index in [-0.39, 0.29) is 0 Å². The highest BCUT2D eigenvalue weighted by Gasteiger charge is 2.20. The van der Waals surface area contributed by atoms with E-state index < -0.39 is 0 Å². The molecule has 1 fully saturated rings. The van der Waals surface area contributed by atoms with Gasteiger partial charge in [-0.2, -0.15) is 0 Å². The molecule has 0 heterocycles.